The summed E-state index contributed by atoms with van der Waals surface area (Å²) in [4.78, 5) is 24.5. The number of nitrogens with one attached hydrogen (secondary N) is 2. The molecule has 3 aromatic rings. The number of amides is 2. The van der Waals surface area contributed by atoms with Crippen LogP contribution in [0.4, 0.5) is 17.2 Å². The number of hydrogen-bond acceptors (Lipinski definition) is 5. The summed E-state index contributed by atoms with van der Waals surface area (Å²) >= 11 is 6.02. The van der Waals surface area contributed by atoms with Gasteiger partial charge in [0.2, 0.25) is 5.91 Å². The lowest BCUT2D eigenvalue weighted by molar-refractivity contribution is -0.116. The van der Waals surface area contributed by atoms with Crippen LogP contribution in [0.2, 0.25) is 5.02 Å². The van der Waals surface area contributed by atoms with Crippen molar-refractivity contribution in [3.8, 4) is 0 Å². The normalized spacial score (nSPS) is 10.4. The third kappa shape index (κ3) is 4.42. The van der Waals surface area contributed by atoms with E-state index in [2.05, 4.69) is 20.9 Å². The van der Waals surface area contributed by atoms with E-state index in [0.717, 1.165) is 10.2 Å². The molecule has 2 amide bonds. The quantitative estimate of drug-likeness (QED) is 0.625. The van der Waals surface area contributed by atoms with Gasteiger partial charge in [0.1, 0.15) is 6.54 Å². The van der Waals surface area contributed by atoms with Gasteiger partial charge in [-0.25, -0.2) is 4.68 Å². The van der Waals surface area contributed by atoms with E-state index in [1.54, 1.807) is 30.3 Å². The minimum Gasteiger partial charge on any atom is -0.382 e. The Morgan fingerprint density at radius 2 is 1.93 bits per heavy atom. The van der Waals surface area contributed by atoms with Gasteiger partial charge in [-0.2, -0.15) is 0 Å². The van der Waals surface area contributed by atoms with Crippen molar-refractivity contribution in [1.82, 2.24) is 15.0 Å². The molecule has 0 spiro atoms. The lowest BCUT2D eigenvalue weighted by Gasteiger charge is -2.07. The fourth-order valence-corrected chi connectivity index (χ4v) is 2.59. The first kappa shape index (κ1) is 18.4. The number of carbonyl (C=O) groups is 2. The molecule has 138 valence electrons. The Balaban J connectivity index is 1.68. The Hall–Kier alpha value is -3.39. The summed E-state index contributed by atoms with van der Waals surface area (Å²) in [6.45, 7) is 1.75. The highest BCUT2D eigenvalue weighted by Gasteiger charge is 2.19. The minimum atomic E-state index is -0.564. The number of para-hydroxylation sites is 1. The molecule has 1 aromatic heterocycles. The van der Waals surface area contributed by atoms with Gasteiger partial charge in [0.25, 0.3) is 5.91 Å². The number of aromatic nitrogens is 3. The van der Waals surface area contributed by atoms with Gasteiger partial charge in [0.15, 0.2) is 11.5 Å². The van der Waals surface area contributed by atoms with E-state index in [1.807, 2.05) is 25.1 Å². The highest BCUT2D eigenvalue weighted by molar-refractivity contribution is 6.33. The fourth-order valence-electron chi connectivity index (χ4n) is 2.40. The van der Waals surface area contributed by atoms with Crippen molar-refractivity contribution in [2.75, 3.05) is 16.4 Å². The molecule has 0 radical (unpaired) electrons. The largest absolute Gasteiger partial charge is 0.382 e. The molecule has 9 heteroatoms. The Morgan fingerprint density at radius 1 is 1.15 bits per heavy atom. The topological polar surface area (TPSA) is 115 Å². The summed E-state index contributed by atoms with van der Waals surface area (Å²) < 4.78 is 1.16. The van der Waals surface area contributed by atoms with Gasteiger partial charge in [-0.1, -0.05) is 41.1 Å². The molecule has 0 aliphatic carbocycles. The van der Waals surface area contributed by atoms with Crippen molar-refractivity contribution in [3.05, 3.63) is 64.8 Å². The molecule has 27 heavy (non-hydrogen) atoms. The van der Waals surface area contributed by atoms with Crippen LogP contribution >= 0.6 is 11.6 Å². The number of nitrogens with zero attached hydrogens (tertiary/aromatic N) is 3. The number of nitrogens with two attached hydrogens (primary N) is 1. The Labute approximate surface area is 160 Å². The van der Waals surface area contributed by atoms with Crippen molar-refractivity contribution in [2.45, 2.75) is 13.5 Å². The molecule has 4 N–H and O–H groups in total. The number of anilines is 3. The van der Waals surface area contributed by atoms with E-state index in [4.69, 9.17) is 17.3 Å². The van der Waals surface area contributed by atoms with Crippen molar-refractivity contribution in [3.63, 3.8) is 0 Å². The predicted octanol–water partition coefficient (Wildman–Crippen LogP) is 2.71. The number of nitrogen functional groups attached to an aromatic ring is 1. The van der Waals surface area contributed by atoms with Crippen molar-refractivity contribution < 1.29 is 9.59 Å². The van der Waals surface area contributed by atoms with Gasteiger partial charge in [-0.3, -0.25) is 9.59 Å². The van der Waals surface area contributed by atoms with Crippen molar-refractivity contribution in [2.24, 2.45) is 0 Å². The molecule has 2 aromatic carbocycles. The van der Waals surface area contributed by atoms with Gasteiger partial charge in [-0.05, 0) is 36.8 Å². The molecular weight excluding hydrogens is 368 g/mol. The molecular formula is C18H17ClN6O2. The molecule has 0 aliphatic rings. The van der Waals surface area contributed by atoms with Gasteiger partial charge in [0.05, 0.1) is 10.7 Å². The Bertz CT molecular complexity index is 1000. The molecule has 0 aliphatic heterocycles. The number of benzene rings is 2. The summed E-state index contributed by atoms with van der Waals surface area (Å²) in [5.74, 6) is -0.917. The molecule has 0 saturated carbocycles. The smallest absolute Gasteiger partial charge is 0.280 e. The maximum Gasteiger partial charge on any atom is 0.280 e. The van der Waals surface area contributed by atoms with Crippen molar-refractivity contribution in [1.29, 1.82) is 0 Å². The lowest BCUT2D eigenvalue weighted by Crippen LogP contribution is -2.21. The second-order valence-electron chi connectivity index (χ2n) is 5.83. The zero-order valence-electron chi connectivity index (χ0n) is 14.4. The SMILES string of the molecule is Cc1cccc(NC(=O)Cn2nnc(C(=O)Nc3ccccc3Cl)c2N)c1. The monoisotopic (exact) mass is 384 g/mol. The molecule has 0 bridgehead atoms. The van der Waals surface area contributed by atoms with Gasteiger partial charge < -0.3 is 16.4 Å². The Morgan fingerprint density at radius 3 is 2.67 bits per heavy atom. The average molecular weight is 385 g/mol. The van der Waals surface area contributed by atoms with E-state index in [1.165, 1.54) is 0 Å². The van der Waals surface area contributed by atoms with E-state index in [9.17, 15) is 9.59 Å². The van der Waals surface area contributed by atoms with E-state index in [-0.39, 0.29) is 24.0 Å². The summed E-state index contributed by atoms with van der Waals surface area (Å²) in [7, 11) is 0. The average Bonchev–Trinajstić information content (AvgIpc) is 2.97. The third-order valence-electron chi connectivity index (χ3n) is 3.71. The number of rotatable bonds is 5. The summed E-state index contributed by atoms with van der Waals surface area (Å²) in [5.41, 5.74) is 7.95. The maximum atomic E-state index is 12.3. The van der Waals surface area contributed by atoms with E-state index >= 15 is 0 Å². The van der Waals surface area contributed by atoms with Crippen LogP contribution in [0.5, 0.6) is 0 Å². The van der Waals surface area contributed by atoms with Crippen LogP contribution in [0, 0.1) is 6.92 Å². The molecule has 0 fully saturated rings. The fraction of sp³-hybridized carbons (Fsp3) is 0.111. The Kier molecular flexibility index (Phi) is 5.37. The number of carbonyl (C=O) groups excluding carboxylic acids is 2. The number of aryl methyl sites for hydroxylation is 1. The first-order valence-electron chi connectivity index (χ1n) is 8.05. The van der Waals surface area contributed by atoms with E-state index < -0.39 is 5.91 Å². The number of hydrogen-bond donors (Lipinski definition) is 3. The first-order chi connectivity index (χ1) is 12.9. The van der Waals surface area contributed by atoms with Gasteiger partial charge in [0, 0.05) is 5.69 Å². The highest BCUT2D eigenvalue weighted by Crippen LogP contribution is 2.21. The van der Waals surface area contributed by atoms with Crippen LogP contribution in [0.15, 0.2) is 48.5 Å². The summed E-state index contributed by atoms with van der Waals surface area (Å²) in [5, 5.41) is 13.3. The van der Waals surface area contributed by atoms with Crippen LogP contribution in [0.3, 0.4) is 0 Å². The van der Waals surface area contributed by atoms with Crippen molar-refractivity contribution >= 4 is 40.6 Å². The van der Waals surface area contributed by atoms with Crippen LogP contribution in [-0.4, -0.2) is 26.8 Å². The molecule has 3 rings (SSSR count). The van der Waals surface area contributed by atoms with Crippen LogP contribution in [0.25, 0.3) is 0 Å². The highest BCUT2D eigenvalue weighted by atomic mass is 35.5. The second kappa shape index (κ2) is 7.88. The van der Waals surface area contributed by atoms with Gasteiger partial charge in [-0.15, -0.1) is 5.10 Å². The zero-order valence-corrected chi connectivity index (χ0v) is 15.2. The van der Waals surface area contributed by atoms with Gasteiger partial charge >= 0.3 is 0 Å². The summed E-state index contributed by atoms with van der Waals surface area (Å²) in [6, 6.07) is 14.2. The molecule has 1 heterocycles. The zero-order chi connectivity index (χ0) is 19.4. The van der Waals surface area contributed by atoms with Crippen LogP contribution < -0.4 is 16.4 Å². The van der Waals surface area contributed by atoms with E-state index in [0.29, 0.717) is 16.4 Å². The number of halogens is 1. The van der Waals surface area contributed by atoms with Crippen LogP contribution in [-0.2, 0) is 11.3 Å². The minimum absolute atomic E-state index is 0.0149. The second-order valence-corrected chi connectivity index (χ2v) is 6.24. The molecule has 8 nitrogen and oxygen atoms in total. The maximum absolute atomic E-state index is 12.3. The molecule has 0 saturated heterocycles. The van der Waals surface area contributed by atoms with Crippen LogP contribution in [0.1, 0.15) is 16.1 Å². The standard InChI is InChI=1S/C18H17ClN6O2/c1-11-5-4-6-12(9-11)21-15(26)10-25-17(20)16(23-24-25)18(27)22-14-8-3-2-7-13(14)19/h2-9H,10,20H2,1H3,(H,21,26)(H,22,27). The predicted molar refractivity (Wildman–Crippen MR) is 104 cm³/mol. The third-order valence-corrected chi connectivity index (χ3v) is 4.04. The first-order valence-corrected chi connectivity index (χ1v) is 8.43. The molecule has 0 atom stereocenters. The molecule has 0 unspecified atom stereocenters. The lowest BCUT2D eigenvalue weighted by atomic mass is 10.2. The summed E-state index contributed by atoms with van der Waals surface area (Å²) in [6.07, 6.45) is 0.